The molecule has 0 saturated heterocycles. The zero-order chi connectivity index (χ0) is 19.9. The van der Waals surface area contributed by atoms with Gasteiger partial charge in [0.1, 0.15) is 16.5 Å². The minimum atomic E-state index is -4.15. The van der Waals surface area contributed by atoms with Gasteiger partial charge in [0, 0.05) is 22.4 Å². The van der Waals surface area contributed by atoms with Crippen LogP contribution in [0.4, 0.5) is 17.6 Å². The van der Waals surface area contributed by atoms with Crippen molar-refractivity contribution in [2.24, 2.45) is 0 Å². The average Bonchev–Trinajstić information content (AvgIpc) is 2.98. The lowest BCUT2D eigenvalue weighted by Gasteiger charge is -2.07. The molecule has 0 fully saturated rings. The Balaban J connectivity index is 2.26. The molecule has 3 aromatic rings. The summed E-state index contributed by atoms with van der Waals surface area (Å²) in [7, 11) is -4.15. The molecule has 0 aliphatic rings. The number of H-pyrrole nitrogens is 1. The Morgan fingerprint density at radius 1 is 1.07 bits per heavy atom. The Morgan fingerprint density at radius 2 is 1.70 bits per heavy atom. The molecular formula is C17H11ClF4N2O2S. The molecule has 0 saturated carbocycles. The van der Waals surface area contributed by atoms with Crippen LogP contribution in [0.5, 0.6) is 0 Å². The number of rotatable bonds is 4. The van der Waals surface area contributed by atoms with E-state index >= 15 is 0 Å². The van der Waals surface area contributed by atoms with Crippen molar-refractivity contribution in [1.82, 2.24) is 9.97 Å². The van der Waals surface area contributed by atoms with Crippen LogP contribution < -0.4 is 0 Å². The molecule has 10 heteroatoms. The number of nitrogens with zero attached hydrogens (tertiary/aromatic N) is 1. The minimum absolute atomic E-state index is 0.0682. The molecule has 1 heterocycles. The first-order valence-corrected chi connectivity index (χ1v) is 9.68. The van der Waals surface area contributed by atoms with E-state index < -0.39 is 38.6 Å². The van der Waals surface area contributed by atoms with Gasteiger partial charge in [0.15, 0.2) is 15.7 Å². The van der Waals surface area contributed by atoms with E-state index in [0.717, 1.165) is 12.1 Å². The number of imidazole rings is 1. The zero-order valence-electron chi connectivity index (χ0n) is 13.6. The summed E-state index contributed by atoms with van der Waals surface area (Å²) >= 11 is 5.91. The summed E-state index contributed by atoms with van der Waals surface area (Å²) in [6.07, 6.45) is -2.30. The van der Waals surface area contributed by atoms with Gasteiger partial charge in [-0.15, -0.1) is 0 Å². The van der Waals surface area contributed by atoms with Gasteiger partial charge in [0.05, 0.1) is 11.4 Å². The molecule has 4 nitrogen and oxygen atoms in total. The van der Waals surface area contributed by atoms with E-state index in [0.29, 0.717) is 16.8 Å². The van der Waals surface area contributed by atoms with Crippen molar-refractivity contribution in [3.05, 3.63) is 58.9 Å². The smallest absolute Gasteiger partial charge is 0.295 e. The van der Waals surface area contributed by atoms with E-state index in [-0.39, 0.29) is 17.0 Å². The molecule has 1 N–H and O–H groups in total. The molecule has 0 atom stereocenters. The van der Waals surface area contributed by atoms with Crippen molar-refractivity contribution >= 4 is 21.4 Å². The zero-order valence-corrected chi connectivity index (χ0v) is 15.2. The molecule has 1 aromatic heterocycles. The number of aromatic amines is 1. The van der Waals surface area contributed by atoms with Crippen LogP contribution in [-0.2, 0) is 9.84 Å². The monoisotopic (exact) mass is 418 g/mol. The lowest BCUT2D eigenvalue weighted by Crippen LogP contribution is -2.05. The van der Waals surface area contributed by atoms with Crippen molar-refractivity contribution < 1.29 is 26.0 Å². The summed E-state index contributed by atoms with van der Waals surface area (Å²) in [5, 5.41) is 0.316. The van der Waals surface area contributed by atoms with Gasteiger partial charge in [-0.1, -0.05) is 23.7 Å². The van der Waals surface area contributed by atoms with Gasteiger partial charge < -0.3 is 4.98 Å². The number of nitrogens with one attached hydrogen (secondary N) is 1. The fourth-order valence-corrected chi connectivity index (χ4v) is 3.62. The van der Waals surface area contributed by atoms with Crippen LogP contribution >= 0.6 is 11.6 Å². The van der Waals surface area contributed by atoms with Crippen LogP contribution in [0.15, 0.2) is 41.3 Å². The van der Waals surface area contributed by atoms with Gasteiger partial charge in [-0.05, 0) is 24.3 Å². The molecule has 0 radical (unpaired) electrons. The predicted molar refractivity (Wildman–Crippen MR) is 92.5 cm³/mol. The van der Waals surface area contributed by atoms with E-state index in [2.05, 4.69) is 9.97 Å². The van der Waals surface area contributed by atoms with Gasteiger partial charge in [0.2, 0.25) is 0 Å². The van der Waals surface area contributed by atoms with Gasteiger partial charge in [-0.25, -0.2) is 31.0 Å². The first-order valence-electron chi connectivity index (χ1n) is 7.41. The van der Waals surface area contributed by atoms with Crippen LogP contribution in [-0.4, -0.2) is 24.6 Å². The van der Waals surface area contributed by atoms with Crippen LogP contribution in [0.3, 0.4) is 0 Å². The molecule has 0 unspecified atom stereocenters. The molecule has 0 spiro atoms. The Hall–Kier alpha value is -2.39. The van der Waals surface area contributed by atoms with E-state index in [4.69, 9.17) is 11.6 Å². The van der Waals surface area contributed by atoms with Gasteiger partial charge in [-0.3, -0.25) is 0 Å². The SMILES string of the molecule is CS(=O)(=O)c1c(F)cc(-c2nc(C(F)F)[nH]c2-c2cccc(Cl)c2)cc1F. The van der Waals surface area contributed by atoms with Gasteiger partial charge >= 0.3 is 0 Å². The van der Waals surface area contributed by atoms with Crippen molar-refractivity contribution in [1.29, 1.82) is 0 Å². The molecule has 3 rings (SSSR count). The predicted octanol–water partition coefficient (Wildman–Crippen LogP) is 5.02. The second-order valence-electron chi connectivity index (χ2n) is 5.70. The molecule has 142 valence electrons. The topological polar surface area (TPSA) is 62.8 Å². The molecule has 27 heavy (non-hydrogen) atoms. The first-order chi connectivity index (χ1) is 12.6. The van der Waals surface area contributed by atoms with E-state index in [1.807, 2.05) is 0 Å². The molecule has 2 aromatic carbocycles. The number of hydrogen-bond donors (Lipinski definition) is 1. The summed E-state index contributed by atoms with van der Waals surface area (Å²) in [6.45, 7) is 0. The average molecular weight is 419 g/mol. The quantitative estimate of drug-likeness (QED) is 0.605. The first kappa shape index (κ1) is 19.4. The lowest BCUT2D eigenvalue weighted by atomic mass is 10.0. The van der Waals surface area contributed by atoms with E-state index in [9.17, 15) is 26.0 Å². The Bertz CT molecular complexity index is 1110. The second-order valence-corrected chi connectivity index (χ2v) is 8.09. The highest BCUT2D eigenvalue weighted by Gasteiger charge is 2.24. The van der Waals surface area contributed by atoms with Gasteiger partial charge in [0.25, 0.3) is 6.43 Å². The summed E-state index contributed by atoms with van der Waals surface area (Å²) < 4.78 is 77.7. The Kier molecular flexibility index (Phi) is 5.00. The third-order valence-corrected chi connectivity index (χ3v) is 5.05. The second kappa shape index (κ2) is 6.97. The minimum Gasteiger partial charge on any atom is -0.337 e. The third-order valence-electron chi connectivity index (χ3n) is 3.68. The highest BCUT2D eigenvalue weighted by Crippen LogP contribution is 2.35. The summed E-state index contributed by atoms with van der Waals surface area (Å²) in [5.41, 5.74) is 0.0737. The summed E-state index contributed by atoms with van der Waals surface area (Å²) in [4.78, 5) is 5.06. The molecule has 0 bridgehead atoms. The normalized spacial score (nSPS) is 12.0. The maximum absolute atomic E-state index is 14.2. The van der Waals surface area contributed by atoms with Crippen LogP contribution in [0.25, 0.3) is 22.5 Å². The number of alkyl halides is 2. The highest BCUT2D eigenvalue weighted by molar-refractivity contribution is 7.90. The number of hydrogen-bond acceptors (Lipinski definition) is 3. The van der Waals surface area contributed by atoms with Crippen molar-refractivity contribution in [2.75, 3.05) is 6.26 Å². The number of benzene rings is 2. The standard InChI is InChI=1S/C17H11ClF4N2O2S/c1-27(25,26)15-11(19)6-9(7-12(15)20)14-13(23-17(24-14)16(21)22)8-3-2-4-10(18)5-8/h2-7,16H,1H3,(H,23,24). The summed E-state index contributed by atoms with van der Waals surface area (Å²) in [6, 6.07) is 7.62. The van der Waals surface area contributed by atoms with Crippen LogP contribution in [0.2, 0.25) is 5.02 Å². The number of aromatic nitrogens is 2. The van der Waals surface area contributed by atoms with Crippen molar-refractivity contribution in [3.8, 4) is 22.5 Å². The van der Waals surface area contributed by atoms with Crippen molar-refractivity contribution in [3.63, 3.8) is 0 Å². The van der Waals surface area contributed by atoms with Crippen LogP contribution in [0, 0.1) is 11.6 Å². The van der Waals surface area contributed by atoms with Crippen molar-refractivity contribution in [2.45, 2.75) is 11.3 Å². The number of halogens is 5. The fraction of sp³-hybridized carbons (Fsp3) is 0.118. The Labute approximate surface area is 156 Å². The fourth-order valence-electron chi connectivity index (χ4n) is 2.61. The lowest BCUT2D eigenvalue weighted by molar-refractivity contribution is 0.141. The van der Waals surface area contributed by atoms with Crippen LogP contribution in [0.1, 0.15) is 12.2 Å². The third kappa shape index (κ3) is 3.84. The molecule has 0 aliphatic heterocycles. The number of sulfone groups is 1. The maximum atomic E-state index is 14.2. The summed E-state index contributed by atoms with van der Waals surface area (Å²) in [5.74, 6) is -3.38. The molecular weight excluding hydrogens is 408 g/mol. The molecule has 0 amide bonds. The maximum Gasteiger partial charge on any atom is 0.295 e. The Morgan fingerprint density at radius 3 is 2.22 bits per heavy atom. The van der Waals surface area contributed by atoms with Gasteiger partial charge in [-0.2, -0.15) is 0 Å². The van der Waals surface area contributed by atoms with E-state index in [1.165, 1.54) is 6.07 Å². The largest absolute Gasteiger partial charge is 0.337 e. The molecule has 0 aliphatic carbocycles. The highest BCUT2D eigenvalue weighted by atomic mass is 35.5. The van der Waals surface area contributed by atoms with E-state index in [1.54, 1.807) is 18.2 Å².